The Bertz CT molecular complexity index is 1270. The van der Waals surface area contributed by atoms with E-state index in [1.807, 2.05) is 74.5 Å². The van der Waals surface area contributed by atoms with Gasteiger partial charge in [0.2, 0.25) is 0 Å². The minimum Gasteiger partial charge on any atom is -0.427 e. The molecule has 0 bridgehead atoms. The zero-order valence-electron chi connectivity index (χ0n) is 17.6. The number of hydrogen-bond donors (Lipinski definition) is 1. The molecule has 0 amide bonds. The van der Waals surface area contributed by atoms with Crippen molar-refractivity contribution in [2.45, 2.75) is 38.9 Å². The molecule has 30 heavy (non-hydrogen) atoms. The lowest BCUT2D eigenvalue weighted by Crippen LogP contribution is -2.49. The van der Waals surface area contributed by atoms with Crippen molar-refractivity contribution >= 4 is 44.5 Å². The molecule has 0 unspecified atom stereocenters. The van der Waals surface area contributed by atoms with E-state index in [-0.39, 0.29) is 5.43 Å². The Morgan fingerprint density at radius 1 is 0.833 bits per heavy atom. The highest BCUT2D eigenvalue weighted by Crippen LogP contribution is 2.28. The third-order valence-electron chi connectivity index (χ3n) is 5.78. The monoisotopic (exact) mass is 415 g/mol. The molecule has 3 aromatic carbocycles. The smallest absolute Gasteiger partial charge is 0.330 e. The molecule has 1 aromatic heterocycles. The minimum atomic E-state index is -0.963. The quantitative estimate of drug-likeness (QED) is 0.373. The molecule has 1 radical (unpaired) electrons. The Balaban J connectivity index is 1.62. The molecule has 0 saturated carbocycles. The molecular weight excluding hydrogens is 391 g/mol. The molecule has 1 N–H and O–H groups in total. The minimum absolute atomic E-state index is 0.0772. The Morgan fingerprint density at radius 3 is 2.17 bits per heavy atom. The van der Waals surface area contributed by atoms with Crippen LogP contribution >= 0.6 is 11.3 Å². The summed E-state index contributed by atoms with van der Waals surface area (Å²) in [4.78, 5) is 13.0. The molecule has 151 valence electrons. The standard InChI is InChI=1S/C25H24BO3S/c1-24(2,28)25(3,4)29-26-18-12-9-16(10-13-18)17-11-14-22-20(15-17)23(27)19-7-5-6-8-21(19)30-22/h5-15,28H,1-4H3. The van der Waals surface area contributed by atoms with Crippen molar-refractivity contribution in [1.82, 2.24) is 0 Å². The van der Waals surface area contributed by atoms with Crippen molar-refractivity contribution in [3.63, 3.8) is 0 Å². The van der Waals surface area contributed by atoms with Crippen LogP contribution < -0.4 is 10.9 Å². The van der Waals surface area contributed by atoms with E-state index >= 15 is 0 Å². The lowest BCUT2D eigenvalue weighted by atomic mass is 9.82. The summed E-state index contributed by atoms with van der Waals surface area (Å²) in [6, 6.07) is 21.8. The van der Waals surface area contributed by atoms with Crippen molar-refractivity contribution in [3.8, 4) is 11.1 Å². The van der Waals surface area contributed by atoms with Gasteiger partial charge in [-0.05, 0) is 63.1 Å². The van der Waals surface area contributed by atoms with Crippen LogP contribution in [0.25, 0.3) is 31.3 Å². The van der Waals surface area contributed by atoms with E-state index in [4.69, 9.17) is 4.65 Å². The van der Waals surface area contributed by atoms with Crippen molar-refractivity contribution < 1.29 is 9.76 Å². The Kier molecular flexibility index (Phi) is 5.31. The number of aliphatic hydroxyl groups is 1. The van der Waals surface area contributed by atoms with Crippen LogP contribution in [-0.4, -0.2) is 23.8 Å². The first-order chi connectivity index (χ1) is 14.2. The van der Waals surface area contributed by atoms with Crippen LogP contribution in [0.5, 0.6) is 0 Å². The summed E-state index contributed by atoms with van der Waals surface area (Å²) in [6.07, 6.45) is 0. The lowest BCUT2D eigenvalue weighted by Gasteiger charge is -2.37. The Hall–Kier alpha value is -2.47. The average Bonchev–Trinajstić information content (AvgIpc) is 2.72. The fourth-order valence-corrected chi connectivity index (χ4v) is 4.15. The second-order valence-electron chi connectivity index (χ2n) is 8.57. The van der Waals surface area contributed by atoms with Gasteiger partial charge in [0.05, 0.1) is 11.2 Å². The molecule has 1 heterocycles. The largest absolute Gasteiger partial charge is 0.427 e. The highest BCUT2D eigenvalue weighted by molar-refractivity contribution is 7.24. The Morgan fingerprint density at radius 2 is 1.47 bits per heavy atom. The van der Waals surface area contributed by atoms with E-state index in [2.05, 4.69) is 6.07 Å². The van der Waals surface area contributed by atoms with Crippen molar-refractivity contribution in [2.24, 2.45) is 0 Å². The van der Waals surface area contributed by atoms with Crippen LogP contribution in [0.3, 0.4) is 0 Å². The normalized spacial score (nSPS) is 12.4. The van der Waals surface area contributed by atoms with Crippen LogP contribution in [0, 0.1) is 0 Å². The van der Waals surface area contributed by atoms with Gasteiger partial charge in [0.25, 0.3) is 0 Å². The summed E-state index contributed by atoms with van der Waals surface area (Å²) >= 11 is 1.64. The zero-order valence-corrected chi connectivity index (χ0v) is 18.4. The maximum absolute atomic E-state index is 13.0. The third-order valence-corrected chi connectivity index (χ3v) is 6.93. The summed E-state index contributed by atoms with van der Waals surface area (Å²) < 4.78 is 7.83. The average molecular weight is 415 g/mol. The van der Waals surface area contributed by atoms with Crippen LogP contribution in [-0.2, 0) is 4.65 Å². The molecule has 0 fully saturated rings. The summed E-state index contributed by atoms with van der Waals surface area (Å²) in [6.45, 7) is 7.19. The van der Waals surface area contributed by atoms with E-state index in [9.17, 15) is 9.90 Å². The van der Waals surface area contributed by atoms with E-state index in [1.54, 1.807) is 32.7 Å². The van der Waals surface area contributed by atoms with Gasteiger partial charge in [0, 0.05) is 20.2 Å². The number of fused-ring (bicyclic) bond motifs is 2. The predicted octanol–water partition coefficient (Wildman–Crippen LogP) is 4.89. The number of benzene rings is 3. The van der Waals surface area contributed by atoms with Gasteiger partial charge in [-0.15, -0.1) is 11.3 Å². The highest BCUT2D eigenvalue weighted by atomic mass is 32.1. The molecule has 3 nitrogen and oxygen atoms in total. The van der Waals surface area contributed by atoms with E-state index < -0.39 is 11.2 Å². The Labute approximate surface area is 181 Å². The van der Waals surface area contributed by atoms with Crippen LogP contribution in [0.2, 0.25) is 0 Å². The molecule has 4 aromatic rings. The van der Waals surface area contributed by atoms with Gasteiger partial charge in [-0.25, -0.2) is 0 Å². The fraction of sp³-hybridized carbons (Fsp3) is 0.240. The SMILES string of the molecule is CC(C)(O)C(C)(C)O[B]c1ccc(-c2ccc3sc4ccccc4c(=O)c3c2)cc1. The first kappa shape index (κ1) is 20.8. The molecule has 4 rings (SSSR count). The molecule has 0 aliphatic carbocycles. The molecule has 5 heteroatoms. The van der Waals surface area contributed by atoms with Crippen LogP contribution in [0.1, 0.15) is 27.7 Å². The summed E-state index contributed by atoms with van der Waals surface area (Å²) in [5, 5.41) is 11.7. The van der Waals surface area contributed by atoms with Crippen LogP contribution in [0.15, 0.2) is 71.5 Å². The van der Waals surface area contributed by atoms with E-state index in [1.165, 1.54) is 0 Å². The topological polar surface area (TPSA) is 46.5 Å². The second-order valence-corrected chi connectivity index (χ2v) is 9.65. The second kappa shape index (κ2) is 7.66. The molecule has 0 aliphatic heterocycles. The predicted molar refractivity (Wildman–Crippen MR) is 128 cm³/mol. The van der Waals surface area contributed by atoms with Gasteiger partial charge >= 0.3 is 7.48 Å². The first-order valence-electron chi connectivity index (χ1n) is 9.95. The van der Waals surface area contributed by atoms with E-state index in [0.717, 1.165) is 36.8 Å². The van der Waals surface area contributed by atoms with Gasteiger partial charge in [0.1, 0.15) is 0 Å². The van der Waals surface area contributed by atoms with Crippen molar-refractivity contribution in [1.29, 1.82) is 0 Å². The maximum atomic E-state index is 13.0. The van der Waals surface area contributed by atoms with Crippen molar-refractivity contribution in [2.75, 3.05) is 0 Å². The van der Waals surface area contributed by atoms with Crippen molar-refractivity contribution in [3.05, 3.63) is 77.0 Å². The zero-order chi connectivity index (χ0) is 21.5. The molecule has 0 atom stereocenters. The fourth-order valence-electron chi connectivity index (χ4n) is 3.10. The summed E-state index contributed by atoms with van der Waals surface area (Å²) in [5.74, 6) is 0. The first-order valence-corrected chi connectivity index (χ1v) is 10.8. The molecule has 0 saturated heterocycles. The summed E-state index contributed by atoms with van der Waals surface area (Å²) in [5.41, 5.74) is 1.36. The lowest BCUT2D eigenvalue weighted by molar-refractivity contribution is -0.0893. The van der Waals surface area contributed by atoms with Gasteiger partial charge in [-0.1, -0.05) is 47.9 Å². The van der Waals surface area contributed by atoms with Gasteiger partial charge < -0.3 is 9.76 Å². The molecular formula is C25H24BO3S. The van der Waals surface area contributed by atoms with Gasteiger partial charge in [-0.2, -0.15) is 0 Å². The van der Waals surface area contributed by atoms with Gasteiger partial charge in [0.15, 0.2) is 5.43 Å². The van der Waals surface area contributed by atoms with Gasteiger partial charge in [-0.3, -0.25) is 4.79 Å². The molecule has 0 aliphatic rings. The maximum Gasteiger partial charge on any atom is 0.330 e. The highest BCUT2D eigenvalue weighted by Gasteiger charge is 2.35. The van der Waals surface area contributed by atoms with E-state index in [0.29, 0.717) is 0 Å². The number of rotatable bonds is 5. The van der Waals surface area contributed by atoms with Crippen LogP contribution in [0.4, 0.5) is 0 Å². The number of hydrogen-bond acceptors (Lipinski definition) is 4. The summed E-state index contributed by atoms with van der Waals surface area (Å²) in [7, 11) is 1.67. The third kappa shape index (κ3) is 3.93. The molecule has 0 spiro atoms.